The molecule has 1 aromatic carbocycles. The second kappa shape index (κ2) is 3.82. The molecule has 0 aliphatic carbocycles. The van der Waals surface area contributed by atoms with Gasteiger partial charge in [-0.25, -0.2) is 8.78 Å². The molecule has 0 radical (unpaired) electrons. The first-order valence-corrected chi connectivity index (χ1v) is 7.67. The minimum absolute atomic E-state index is 0.0149. The summed E-state index contributed by atoms with van der Waals surface area (Å²) in [5, 5.41) is 2.73. The Balaban J connectivity index is 2.26. The van der Waals surface area contributed by atoms with E-state index in [0.717, 1.165) is 12.1 Å². The molecule has 0 amide bonds. The number of rotatable bonds is 2. The minimum Gasteiger partial charge on any atom is -0.310 e. The molecule has 20 heavy (non-hydrogen) atoms. The van der Waals surface area contributed by atoms with Crippen LogP contribution in [0.1, 0.15) is 24.4 Å². The lowest BCUT2D eigenvalue weighted by atomic mass is 9.95. The van der Waals surface area contributed by atoms with Crippen molar-refractivity contribution < 1.29 is 28.2 Å². The number of hydrogen-bond donors (Lipinski definition) is 1. The highest BCUT2D eigenvalue weighted by Crippen LogP contribution is 3.02. The fraction of sp³-hybridized carbons (Fsp3) is 0.455. The van der Waals surface area contributed by atoms with Crippen LogP contribution in [0.3, 0.4) is 0 Å². The molecule has 116 valence electrons. The van der Waals surface area contributed by atoms with Crippen molar-refractivity contribution in [3.63, 3.8) is 0 Å². The van der Waals surface area contributed by atoms with E-state index in [2.05, 4.69) is 5.32 Å². The van der Waals surface area contributed by atoms with Gasteiger partial charge in [0.25, 0.3) is 5.92 Å². The molecule has 0 spiro atoms. The van der Waals surface area contributed by atoms with Crippen molar-refractivity contribution in [1.82, 2.24) is 5.32 Å². The highest BCUT2D eigenvalue weighted by molar-refractivity contribution is 8.45. The van der Waals surface area contributed by atoms with Crippen molar-refractivity contribution in [3.05, 3.63) is 29.8 Å². The third kappa shape index (κ3) is 3.57. The molecule has 1 nitrogen and oxygen atoms in total. The number of hydrogen-bond acceptors (Lipinski definition) is 1. The van der Waals surface area contributed by atoms with Gasteiger partial charge in [0.2, 0.25) is 0 Å². The van der Waals surface area contributed by atoms with Gasteiger partial charge in [-0.05, 0) is 17.7 Å². The Morgan fingerprint density at radius 2 is 1.55 bits per heavy atom. The largest absolute Gasteiger partial charge is 0.310 e. The highest BCUT2D eigenvalue weighted by atomic mass is 32.5. The first-order valence-electron chi connectivity index (χ1n) is 5.72. The molecule has 1 aliphatic heterocycles. The van der Waals surface area contributed by atoms with Gasteiger partial charge in [0.1, 0.15) is 4.90 Å². The smallest absolute Gasteiger partial charge is 0.310 e. The number of piperidine rings is 1. The van der Waals surface area contributed by atoms with Crippen molar-refractivity contribution in [3.8, 4) is 0 Å². The van der Waals surface area contributed by atoms with Crippen LogP contribution in [-0.4, -0.2) is 12.5 Å². The lowest BCUT2D eigenvalue weighted by Gasteiger charge is -2.40. The van der Waals surface area contributed by atoms with Crippen molar-refractivity contribution in [2.45, 2.75) is 29.7 Å². The Morgan fingerprint density at radius 3 is 2.00 bits per heavy atom. The van der Waals surface area contributed by atoms with E-state index in [9.17, 15) is 28.2 Å². The number of nitrogens with one attached hydrogen (secondary N) is 1. The Labute approximate surface area is 110 Å². The molecular weight excluding hydrogens is 311 g/mol. The predicted octanol–water partition coefficient (Wildman–Crippen LogP) is 5.40. The van der Waals surface area contributed by atoms with Gasteiger partial charge < -0.3 is 5.32 Å². The van der Waals surface area contributed by atoms with Crippen LogP contribution in [0.25, 0.3) is 0 Å². The van der Waals surface area contributed by atoms with Gasteiger partial charge in [0, 0.05) is 25.4 Å². The molecule has 1 atom stereocenters. The predicted molar refractivity (Wildman–Crippen MR) is 62.8 cm³/mol. The molecule has 1 fully saturated rings. The quantitative estimate of drug-likeness (QED) is 0.718. The van der Waals surface area contributed by atoms with E-state index in [1.54, 1.807) is 0 Å². The summed E-state index contributed by atoms with van der Waals surface area (Å²) in [6.45, 7) is 0.0149. The lowest BCUT2D eigenvalue weighted by Crippen LogP contribution is -2.38. The number of halogens is 7. The van der Waals surface area contributed by atoms with Gasteiger partial charge >= 0.3 is 10.2 Å². The maximum Gasteiger partial charge on any atom is 0.310 e. The van der Waals surface area contributed by atoms with Gasteiger partial charge in [0.15, 0.2) is 0 Å². The molecular formula is C11H12F7NS. The summed E-state index contributed by atoms with van der Waals surface area (Å²) in [5.74, 6) is -2.91. The second-order valence-electron chi connectivity index (χ2n) is 4.85. The van der Waals surface area contributed by atoms with E-state index in [-0.39, 0.29) is 30.7 Å². The Bertz CT molecular complexity index is 507. The monoisotopic (exact) mass is 323 g/mol. The molecule has 0 aromatic heterocycles. The molecule has 0 bridgehead atoms. The van der Waals surface area contributed by atoms with Crippen LogP contribution in [0.4, 0.5) is 28.2 Å². The van der Waals surface area contributed by atoms with Gasteiger partial charge in [-0.15, -0.1) is 0 Å². The zero-order valence-electron chi connectivity index (χ0n) is 10.1. The molecule has 9 heteroatoms. The number of benzene rings is 1. The first kappa shape index (κ1) is 15.4. The lowest BCUT2D eigenvalue weighted by molar-refractivity contribution is -0.0415. The van der Waals surface area contributed by atoms with Gasteiger partial charge in [-0.2, -0.15) is 0 Å². The van der Waals surface area contributed by atoms with Crippen LogP contribution < -0.4 is 5.32 Å². The van der Waals surface area contributed by atoms with E-state index in [4.69, 9.17) is 0 Å². The normalized spacial score (nSPS) is 26.6. The maximum absolute atomic E-state index is 13.2. The highest BCUT2D eigenvalue weighted by Gasteiger charge is 2.65. The van der Waals surface area contributed by atoms with E-state index in [1.165, 1.54) is 0 Å². The van der Waals surface area contributed by atoms with Crippen LogP contribution in [0, 0.1) is 0 Å². The van der Waals surface area contributed by atoms with E-state index in [0.29, 0.717) is 0 Å². The van der Waals surface area contributed by atoms with Crippen LogP contribution in [0.5, 0.6) is 0 Å². The maximum atomic E-state index is 13.2. The van der Waals surface area contributed by atoms with Crippen LogP contribution in [0.15, 0.2) is 29.2 Å². The Kier molecular flexibility index (Phi) is 2.95. The molecule has 0 saturated carbocycles. The van der Waals surface area contributed by atoms with Gasteiger partial charge in [-0.1, -0.05) is 31.6 Å². The molecule has 1 unspecified atom stereocenters. The summed E-state index contributed by atoms with van der Waals surface area (Å²) in [5.41, 5.74) is 0.134. The summed E-state index contributed by atoms with van der Waals surface area (Å²) in [7, 11) is -9.71. The fourth-order valence-corrected chi connectivity index (χ4v) is 2.75. The summed E-state index contributed by atoms with van der Waals surface area (Å²) in [6, 6.07) is 1.27. The summed E-state index contributed by atoms with van der Waals surface area (Å²) >= 11 is 0. The molecule has 1 aromatic rings. The molecule has 1 heterocycles. The molecule has 1 aliphatic rings. The SMILES string of the molecule is FC1(F)CCNC(c2ccc(S(F)(F)(F)(F)F)cc2)C1. The molecule has 2 rings (SSSR count). The van der Waals surface area contributed by atoms with Gasteiger partial charge in [-0.3, -0.25) is 0 Å². The van der Waals surface area contributed by atoms with Crippen molar-refractivity contribution in [1.29, 1.82) is 0 Å². The zero-order chi connectivity index (χ0) is 15.3. The average Bonchev–Trinajstić information content (AvgIpc) is 2.25. The van der Waals surface area contributed by atoms with Crippen molar-refractivity contribution in [2.24, 2.45) is 0 Å². The third-order valence-corrected chi connectivity index (χ3v) is 4.28. The minimum atomic E-state index is -9.71. The van der Waals surface area contributed by atoms with Crippen LogP contribution >= 0.6 is 10.2 Å². The first-order chi connectivity index (χ1) is 8.77. The van der Waals surface area contributed by atoms with E-state index >= 15 is 0 Å². The zero-order valence-corrected chi connectivity index (χ0v) is 10.9. The Morgan fingerprint density at radius 1 is 1.00 bits per heavy atom. The fourth-order valence-electron chi connectivity index (χ4n) is 2.10. The van der Waals surface area contributed by atoms with Gasteiger partial charge in [0.05, 0.1) is 0 Å². The van der Waals surface area contributed by atoms with E-state index in [1.807, 2.05) is 0 Å². The Hall–Kier alpha value is -0.960. The van der Waals surface area contributed by atoms with E-state index < -0.39 is 33.5 Å². The summed E-state index contributed by atoms with van der Waals surface area (Å²) < 4.78 is 88.9. The second-order valence-corrected chi connectivity index (χ2v) is 7.26. The van der Waals surface area contributed by atoms with Crippen molar-refractivity contribution in [2.75, 3.05) is 6.54 Å². The van der Waals surface area contributed by atoms with Crippen LogP contribution in [-0.2, 0) is 0 Å². The average molecular weight is 323 g/mol. The summed E-state index contributed by atoms with van der Waals surface area (Å²) in [4.78, 5) is -2.02. The van der Waals surface area contributed by atoms with Crippen molar-refractivity contribution >= 4 is 10.2 Å². The molecule has 1 N–H and O–H groups in total. The molecule has 1 saturated heterocycles. The third-order valence-electron chi connectivity index (χ3n) is 3.11. The number of alkyl halides is 2. The topological polar surface area (TPSA) is 12.0 Å². The van der Waals surface area contributed by atoms with Crippen LogP contribution in [0.2, 0.25) is 0 Å². The standard InChI is InChI=1S/C11H12F7NS/c12-11(13)5-6-19-10(7-11)8-1-3-9(4-2-8)20(14,15,16,17)18/h1-4,10,19H,5-7H2. The summed E-state index contributed by atoms with van der Waals surface area (Å²) in [6.07, 6.45) is -0.921.